The van der Waals surface area contributed by atoms with Crippen molar-refractivity contribution < 1.29 is 18.1 Å². The number of carbonyl (C=O) groups excluding carboxylic acids is 1. The number of piperidine rings is 1. The first kappa shape index (κ1) is 24.2. The molecule has 1 heterocycles. The Bertz CT molecular complexity index is 1110. The highest BCUT2D eigenvalue weighted by Crippen LogP contribution is 2.29. The first-order valence-corrected chi connectivity index (χ1v) is 12.2. The zero-order valence-electron chi connectivity index (χ0n) is 18.0. The number of nitro groups is 1. The second kappa shape index (κ2) is 9.97. The molecule has 1 aliphatic rings. The molecular weight excluding hydrogens is 454 g/mol. The number of benzene rings is 2. The monoisotopic (exact) mass is 479 g/mol. The van der Waals surface area contributed by atoms with Gasteiger partial charge in [0.15, 0.2) is 0 Å². The highest BCUT2D eigenvalue weighted by Gasteiger charge is 2.35. The molecule has 0 bridgehead atoms. The van der Waals surface area contributed by atoms with Crippen LogP contribution < -0.4 is 0 Å². The molecule has 0 saturated carbocycles. The number of non-ortho nitro benzene ring substituents is 1. The zero-order chi connectivity index (χ0) is 23.5. The van der Waals surface area contributed by atoms with E-state index in [9.17, 15) is 23.3 Å². The molecule has 1 aliphatic heterocycles. The Balaban J connectivity index is 1.70. The Kier molecular flexibility index (Phi) is 7.53. The van der Waals surface area contributed by atoms with Crippen LogP contribution >= 0.6 is 11.6 Å². The summed E-state index contributed by atoms with van der Waals surface area (Å²) in [4.78, 5) is 25.2. The van der Waals surface area contributed by atoms with Crippen molar-refractivity contribution in [2.75, 3.05) is 19.6 Å². The third-order valence-corrected chi connectivity index (χ3v) is 8.23. The summed E-state index contributed by atoms with van der Waals surface area (Å²) in [5, 5.41) is 11.7. The predicted molar refractivity (Wildman–Crippen MR) is 122 cm³/mol. The SMILES string of the molecule is CCN(Cc1ccccc1Cl)C(=O)C1CCN(S(=O)(=O)c2cc([N+](=O)[O-])ccc2C)CC1. The van der Waals surface area contributed by atoms with Crippen molar-refractivity contribution in [1.82, 2.24) is 9.21 Å². The highest BCUT2D eigenvalue weighted by molar-refractivity contribution is 7.89. The lowest BCUT2D eigenvalue weighted by molar-refractivity contribution is -0.385. The smallest absolute Gasteiger partial charge is 0.270 e. The lowest BCUT2D eigenvalue weighted by Gasteiger charge is -2.33. The minimum absolute atomic E-state index is 0.0176. The summed E-state index contributed by atoms with van der Waals surface area (Å²) in [5.41, 5.74) is 1.05. The summed E-state index contributed by atoms with van der Waals surface area (Å²) in [5.74, 6) is -0.300. The van der Waals surface area contributed by atoms with Gasteiger partial charge >= 0.3 is 0 Å². The maximum Gasteiger partial charge on any atom is 0.270 e. The van der Waals surface area contributed by atoms with Crippen LogP contribution in [0.25, 0.3) is 0 Å². The Morgan fingerprint density at radius 2 is 1.88 bits per heavy atom. The topological polar surface area (TPSA) is 101 Å². The fourth-order valence-electron chi connectivity index (χ4n) is 3.90. The van der Waals surface area contributed by atoms with Gasteiger partial charge in [-0.3, -0.25) is 14.9 Å². The van der Waals surface area contributed by atoms with Gasteiger partial charge in [-0.1, -0.05) is 35.9 Å². The molecule has 2 aromatic carbocycles. The van der Waals surface area contributed by atoms with Crippen LogP contribution in [0.5, 0.6) is 0 Å². The molecule has 1 amide bonds. The average Bonchev–Trinajstić information content (AvgIpc) is 2.78. The predicted octanol–water partition coefficient (Wildman–Crippen LogP) is 4.01. The third kappa shape index (κ3) is 5.11. The molecule has 172 valence electrons. The minimum atomic E-state index is -3.89. The van der Waals surface area contributed by atoms with Gasteiger partial charge in [-0.05, 0) is 43.9 Å². The van der Waals surface area contributed by atoms with E-state index in [1.54, 1.807) is 17.9 Å². The van der Waals surface area contributed by atoms with Gasteiger partial charge in [0.2, 0.25) is 15.9 Å². The zero-order valence-corrected chi connectivity index (χ0v) is 19.6. The number of rotatable bonds is 7. The van der Waals surface area contributed by atoms with Gasteiger partial charge in [-0.2, -0.15) is 4.31 Å². The van der Waals surface area contributed by atoms with E-state index in [2.05, 4.69) is 0 Å². The molecule has 3 rings (SSSR count). The van der Waals surface area contributed by atoms with Crippen LogP contribution in [0, 0.1) is 23.0 Å². The van der Waals surface area contributed by atoms with Gasteiger partial charge in [-0.15, -0.1) is 0 Å². The van der Waals surface area contributed by atoms with E-state index >= 15 is 0 Å². The van der Waals surface area contributed by atoms with Crippen molar-refractivity contribution in [2.24, 2.45) is 5.92 Å². The summed E-state index contributed by atoms with van der Waals surface area (Å²) >= 11 is 6.23. The van der Waals surface area contributed by atoms with Crippen molar-refractivity contribution >= 4 is 33.2 Å². The number of hydrogen-bond acceptors (Lipinski definition) is 5. The summed E-state index contributed by atoms with van der Waals surface area (Å²) in [6.45, 7) is 4.81. The van der Waals surface area contributed by atoms with E-state index in [1.807, 2.05) is 25.1 Å². The largest absolute Gasteiger partial charge is 0.338 e. The summed E-state index contributed by atoms with van der Waals surface area (Å²) in [6.07, 6.45) is 0.788. The van der Waals surface area contributed by atoms with Crippen LogP contribution in [0.4, 0.5) is 5.69 Å². The molecule has 0 aliphatic carbocycles. The Morgan fingerprint density at radius 3 is 2.47 bits per heavy atom. The van der Waals surface area contributed by atoms with Gasteiger partial charge in [0.1, 0.15) is 0 Å². The van der Waals surface area contributed by atoms with Crippen molar-refractivity contribution in [3.8, 4) is 0 Å². The maximum absolute atomic E-state index is 13.1. The Morgan fingerprint density at radius 1 is 1.22 bits per heavy atom. The van der Waals surface area contributed by atoms with E-state index in [-0.39, 0.29) is 35.5 Å². The quantitative estimate of drug-likeness (QED) is 0.441. The van der Waals surface area contributed by atoms with Gasteiger partial charge in [0, 0.05) is 49.3 Å². The normalized spacial score (nSPS) is 15.5. The van der Waals surface area contributed by atoms with Crippen LogP contribution in [0.3, 0.4) is 0 Å². The molecule has 0 N–H and O–H groups in total. The Hall–Kier alpha value is -2.49. The molecule has 0 spiro atoms. The molecule has 1 saturated heterocycles. The fourth-order valence-corrected chi connectivity index (χ4v) is 5.81. The van der Waals surface area contributed by atoms with Gasteiger partial charge in [0.25, 0.3) is 5.69 Å². The first-order valence-electron chi connectivity index (χ1n) is 10.4. The van der Waals surface area contributed by atoms with Crippen molar-refractivity contribution in [1.29, 1.82) is 0 Å². The summed E-state index contributed by atoms with van der Waals surface area (Å²) < 4.78 is 27.6. The maximum atomic E-state index is 13.1. The standard InChI is InChI=1S/C22H26ClN3O5S/c1-3-24(15-18-6-4-5-7-20(18)23)22(27)17-10-12-25(13-11-17)32(30,31)21-14-19(26(28)29)9-8-16(21)2/h4-9,14,17H,3,10-13,15H2,1-2H3. The molecule has 0 aromatic heterocycles. The van der Waals surface area contributed by atoms with E-state index in [0.29, 0.717) is 36.5 Å². The van der Waals surface area contributed by atoms with Crippen molar-refractivity contribution in [3.63, 3.8) is 0 Å². The lowest BCUT2D eigenvalue weighted by Crippen LogP contribution is -2.44. The van der Waals surface area contributed by atoms with E-state index in [0.717, 1.165) is 11.6 Å². The molecule has 2 aromatic rings. The second-order valence-electron chi connectivity index (χ2n) is 7.83. The number of sulfonamides is 1. The van der Waals surface area contributed by atoms with Crippen LogP contribution in [0.1, 0.15) is 30.9 Å². The number of carbonyl (C=O) groups is 1. The number of nitrogens with zero attached hydrogens (tertiary/aromatic N) is 3. The summed E-state index contributed by atoms with van der Waals surface area (Å²) in [7, 11) is -3.89. The van der Waals surface area contributed by atoms with E-state index < -0.39 is 14.9 Å². The molecule has 8 nitrogen and oxygen atoms in total. The molecule has 10 heteroatoms. The molecule has 1 fully saturated rings. The van der Waals surface area contributed by atoms with Crippen LogP contribution in [-0.4, -0.2) is 48.1 Å². The second-order valence-corrected chi connectivity index (χ2v) is 10.1. The molecule has 32 heavy (non-hydrogen) atoms. The fraction of sp³-hybridized carbons (Fsp3) is 0.409. The average molecular weight is 480 g/mol. The number of hydrogen-bond donors (Lipinski definition) is 0. The minimum Gasteiger partial charge on any atom is -0.338 e. The number of amides is 1. The highest BCUT2D eigenvalue weighted by atomic mass is 35.5. The number of nitro benzene ring substituents is 1. The van der Waals surface area contributed by atoms with E-state index in [1.165, 1.54) is 16.4 Å². The van der Waals surface area contributed by atoms with Gasteiger partial charge in [-0.25, -0.2) is 8.42 Å². The van der Waals surface area contributed by atoms with Crippen molar-refractivity contribution in [3.05, 3.63) is 68.7 Å². The Labute approximate surface area is 193 Å². The first-order chi connectivity index (χ1) is 15.1. The van der Waals surface area contributed by atoms with Crippen molar-refractivity contribution in [2.45, 2.75) is 38.1 Å². The molecule has 0 unspecified atom stereocenters. The number of halogens is 1. The van der Waals surface area contributed by atoms with Crippen LogP contribution in [0.2, 0.25) is 5.02 Å². The van der Waals surface area contributed by atoms with Gasteiger partial charge < -0.3 is 4.90 Å². The lowest BCUT2D eigenvalue weighted by atomic mass is 9.96. The van der Waals surface area contributed by atoms with Gasteiger partial charge in [0.05, 0.1) is 9.82 Å². The third-order valence-electron chi connectivity index (χ3n) is 5.82. The molecule has 0 atom stereocenters. The molecule has 0 radical (unpaired) electrons. The van der Waals surface area contributed by atoms with Crippen LogP contribution in [-0.2, 0) is 21.4 Å². The van der Waals surface area contributed by atoms with E-state index in [4.69, 9.17) is 11.6 Å². The van der Waals surface area contributed by atoms with Crippen LogP contribution in [0.15, 0.2) is 47.4 Å². The summed E-state index contributed by atoms with van der Waals surface area (Å²) in [6, 6.07) is 11.2. The number of aryl methyl sites for hydroxylation is 1. The molecular formula is C22H26ClN3O5S.